The summed E-state index contributed by atoms with van der Waals surface area (Å²) in [7, 11) is 0. The summed E-state index contributed by atoms with van der Waals surface area (Å²) in [5.74, 6) is 1.14. The Morgan fingerprint density at radius 1 is 1.21 bits per heavy atom. The molecule has 124 valence electrons. The van der Waals surface area contributed by atoms with E-state index >= 15 is 0 Å². The molecular formula is C18H17ClN2O3. The fraction of sp³-hybridized carbons (Fsp3) is 0.222. The molecule has 0 aliphatic rings. The number of imidazole rings is 1. The smallest absolute Gasteiger partial charge is 0.420 e. The lowest BCUT2D eigenvalue weighted by Crippen LogP contribution is -2.19. The van der Waals surface area contributed by atoms with Crippen LogP contribution in [0.4, 0.5) is 4.79 Å². The van der Waals surface area contributed by atoms with E-state index in [9.17, 15) is 4.79 Å². The van der Waals surface area contributed by atoms with Gasteiger partial charge < -0.3 is 9.47 Å². The van der Waals surface area contributed by atoms with Crippen molar-refractivity contribution in [2.75, 3.05) is 6.61 Å². The van der Waals surface area contributed by atoms with Crippen molar-refractivity contribution in [1.82, 2.24) is 9.55 Å². The topological polar surface area (TPSA) is 53.4 Å². The standard InChI is InChI=1S/C18H17ClN2O3/c1-3-23-18(22)21-16-7-5-4-6-15(16)20-17(21)12(2)24-14-10-8-13(19)9-11-14/h4-12H,3H2,1-2H3. The summed E-state index contributed by atoms with van der Waals surface area (Å²) in [5.41, 5.74) is 1.41. The van der Waals surface area contributed by atoms with Crippen LogP contribution in [0, 0.1) is 0 Å². The number of carbonyl (C=O) groups excluding carboxylic acids is 1. The Morgan fingerprint density at radius 2 is 1.92 bits per heavy atom. The number of hydrogen-bond acceptors (Lipinski definition) is 4. The number of ether oxygens (including phenoxy) is 2. The van der Waals surface area contributed by atoms with Crippen LogP contribution < -0.4 is 4.74 Å². The van der Waals surface area contributed by atoms with E-state index in [4.69, 9.17) is 21.1 Å². The average Bonchev–Trinajstić information content (AvgIpc) is 2.97. The summed E-state index contributed by atoms with van der Waals surface area (Å²) in [6, 6.07) is 14.5. The van der Waals surface area contributed by atoms with Gasteiger partial charge in [-0.25, -0.2) is 14.3 Å². The van der Waals surface area contributed by atoms with Gasteiger partial charge >= 0.3 is 6.09 Å². The van der Waals surface area contributed by atoms with Crippen LogP contribution in [0.1, 0.15) is 25.8 Å². The Bertz CT molecular complexity index is 858. The second kappa shape index (κ2) is 6.93. The van der Waals surface area contributed by atoms with E-state index in [-0.39, 0.29) is 6.61 Å². The fourth-order valence-corrected chi connectivity index (χ4v) is 2.59. The lowest BCUT2D eigenvalue weighted by Gasteiger charge is -2.15. The van der Waals surface area contributed by atoms with Gasteiger partial charge in [-0.05, 0) is 50.2 Å². The molecule has 0 aliphatic heterocycles. The van der Waals surface area contributed by atoms with Crippen molar-refractivity contribution in [1.29, 1.82) is 0 Å². The van der Waals surface area contributed by atoms with E-state index in [1.54, 1.807) is 31.2 Å². The SMILES string of the molecule is CCOC(=O)n1c(C(C)Oc2ccc(Cl)cc2)nc2ccccc21. The van der Waals surface area contributed by atoms with Crippen LogP contribution in [0.2, 0.25) is 5.02 Å². The molecule has 1 heterocycles. The van der Waals surface area contributed by atoms with Gasteiger partial charge in [-0.2, -0.15) is 0 Å². The third-order valence-corrected chi connectivity index (χ3v) is 3.78. The summed E-state index contributed by atoms with van der Waals surface area (Å²) >= 11 is 5.89. The molecule has 0 saturated carbocycles. The van der Waals surface area contributed by atoms with Crippen LogP contribution in [0.25, 0.3) is 11.0 Å². The lowest BCUT2D eigenvalue weighted by atomic mass is 10.3. The Morgan fingerprint density at radius 3 is 2.62 bits per heavy atom. The largest absolute Gasteiger partial charge is 0.483 e. The van der Waals surface area contributed by atoms with Gasteiger partial charge in [0, 0.05) is 5.02 Å². The minimum Gasteiger partial charge on any atom is -0.483 e. The molecule has 0 saturated heterocycles. The van der Waals surface area contributed by atoms with Crippen molar-refractivity contribution in [2.24, 2.45) is 0 Å². The zero-order chi connectivity index (χ0) is 17.1. The van der Waals surface area contributed by atoms with E-state index in [0.29, 0.717) is 27.6 Å². The van der Waals surface area contributed by atoms with Crippen molar-refractivity contribution in [3.05, 3.63) is 59.4 Å². The van der Waals surface area contributed by atoms with Crippen molar-refractivity contribution < 1.29 is 14.3 Å². The molecule has 1 atom stereocenters. The van der Waals surface area contributed by atoms with E-state index in [2.05, 4.69) is 4.98 Å². The molecule has 3 rings (SSSR count). The van der Waals surface area contributed by atoms with Crippen LogP contribution in [0.15, 0.2) is 48.5 Å². The molecule has 0 spiro atoms. The molecule has 6 heteroatoms. The lowest BCUT2D eigenvalue weighted by molar-refractivity contribution is 0.149. The molecule has 0 radical (unpaired) electrons. The van der Waals surface area contributed by atoms with Gasteiger partial charge in [-0.15, -0.1) is 0 Å². The normalized spacial score (nSPS) is 12.1. The number of hydrogen-bond donors (Lipinski definition) is 0. The highest BCUT2D eigenvalue weighted by Crippen LogP contribution is 2.26. The molecule has 1 aromatic heterocycles. The van der Waals surface area contributed by atoms with Gasteiger partial charge in [0.1, 0.15) is 5.75 Å². The van der Waals surface area contributed by atoms with Crippen LogP contribution in [-0.2, 0) is 4.74 Å². The number of fused-ring (bicyclic) bond motifs is 1. The summed E-state index contributed by atoms with van der Waals surface area (Å²) in [6.07, 6.45) is -0.907. The first kappa shape index (κ1) is 16.3. The first-order valence-electron chi connectivity index (χ1n) is 7.67. The molecule has 0 fully saturated rings. The van der Waals surface area contributed by atoms with Crippen LogP contribution in [0.3, 0.4) is 0 Å². The van der Waals surface area contributed by atoms with Gasteiger partial charge in [-0.1, -0.05) is 23.7 Å². The Labute approximate surface area is 144 Å². The Balaban J connectivity index is 1.99. The number of carbonyl (C=O) groups is 1. The Kier molecular flexibility index (Phi) is 4.71. The maximum atomic E-state index is 12.4. The first-order chi connectivity index (χ1) is 11.6. The highest BCUT2D eigenvalue weighted by Gasteiger charge is 2.23. The predicted octanol–water partition coefficient (Wildman–Crippen LogP) is 4.83. The second-order valence-electron chi connectivity index (χ2n) is 5.21. The van der Waals surface area contributed by atoms with Gasteiger partial charge in [0.25, 0.3) is 0 Å². The molecule has 0 aliphatic carbocycles. The molecule has 1 unspecified atom stereocenters. The van der Waals surface area contributed by atoms with E-state index < -0.39 is 12.2 Å². The van der Waals surface area contributed by atoms with Crippen LogP contribution in [0.5, 0.6) is 5.75 Å². The van der Waals surface area contributed by atoms with Crippen molar-refractivity contribution in [2.45, 2.75) is 20.0 Å². The van der Waals surface area contributed by atoms with E-state index in [1.165, 1.54) is 4.57 Å². The number of nitrogens with zero attached hydrogens (tertiary/aromatic N) is 2. The summed E-state index contributed by atoms with van der Waals surface area (Å²) < 4.78 is 12.5. The van der Waals surface area contributed by atoms with Gasteiger partial charge in [0.2, 0.25) is 0 Å². The molecule has 2 aromatic carbocycles. The quantitative estimate of drug-likeness (QED) is 0.680. The molecule has 0 N–H and O–H groups in total. The van der Waals surface area contributed by atoms with Crippen molar-refractivity contribution >= 4 is 28.7 Å². The van der Waals surface area contributed by atoms with Crippen LogP contribution in [-0.4, -0.2) is 22.3 Å². The zero-order valence-electron chi connectivity index (χ0n) is 13.4. The van der Waals surface area contributed by atoms with E-state index in [0.717, 1.165) is 0 Å². The first-order valence-corrected chi connectivity index (χ1v) is 8.04. The molecule has 0 amide bonds. The minimum absolute atomic E-state index is 0.289. The number of aromatic nitrogens is 2. The number of benzene rings is 2. The second-order valence-corrected chi connectivity index (χ2v) is 5.64. The molecule has 3 aromatic rings. The van der Waals surface area contributed by atoms with Gasteiger partial charge in [-0.3, -0.25) is 0 Å². The summed E-state index contributed by atoms with van der Waals surface area (Å²) in [6.45, 7) is 3.90. The van der Waals surface area contributed by atoms with Gasteiger partial charge in [0.05, 0.1) is 17.6 Å². The van der Waals surface area contributed by atoms with Crippen LogP contribution >= 0.6 is 11.6 Å². The minimum atomic E-state index is -0.465. The third kappa shape index (κ3) is 3.21. The highest BCUT2D eigenvalue weighted by molar-refractivity contribution is 6.30. The number of para-hydroxylation sites is 2. The maximum Gasteiger partial charge on any atom is 0.420 e. The maximum absolute atomic E-state index is 12.4. The zero-order valence-corrected chi connectivity index (χ0v) is 14.2. The highest BCUT2D eigenvalue weighted by atomic mass is 35.5. The Hall–Kier alpha value is -2.53. The monoisotopic (exact) mass is 344 g/mol. The average molecular weight is 345 g/mol. The third-order valence-electron chi connectivity index (χ3n) is 3.53. The molecule has 24 heavy (non-hydrogen) atoms. The van der Waals surface area contributed by atoms with Gasteiger partial charge in [0.15, 0.2) is 11.9 Å². The van der Waals surface area contributed by atoms with E-state index in [1.807, 2.05) is 31.2 Å². The summed E-state index contributed by atoms with van der Waals surface area (Å²) in [4.78, 5) is 16.9. The number of rotatable bonds is 4. The fourth-order valence-electron chi connectivity index (χ4n) is 2.47. The molecule has 5 nitrogen and oxygen atoms in total. The van der Waals surface area contributed by atoms with Crippen molar-refractivity contribution in [3.8, 4) is 5.75 Å². The summed E-state index contributed by atoms with van der Waals surface area (Å²) in [5, 5.41) is 0.633. The predicted molar refractivity (Wildman–Crippen MR) is 92.6 cm³/mol. The van der Waals surface area contributed by atoms with Crippen molar-refractivity contribution in [3.63, 3.8) is 0 Å². The molecular weight excluding hydrogens is 328 g/mol. The molecule has 0 bridgehead atoms. The number of halogens is 1.